The highest BCUT2D eigenvalue weighted by Gasteiger charge is 2.20. The predicted octanol–water partition coefficient (Wildman–Crippen LogP) is 3.16. The summed E-state index contributed by atoms with van der Waals surface area (Å²) in [6.07, 6.45) is 0.431. The fourth-order valence-electron chi connectivity index (χ4n) is 2.51. The van der Waals surface area contributed by atoms with Crippen LogP contribution in [0.15, 0.2) is 18.2 Å². The highest BCUT2D eigenvalue weighted by molar-refractivity contribution is 5.97. The van der Waals surface area contributed by atoms with Crippen LogP contribution in [0, 0.1) is 18.8 Å². The summed E-state index contributed by atoms with van der Waals surface area (Å²) in [6.45, 7) is 9.66. The third-order valence-electron chi connectivity index (χ3n) is 3.54. The van der Waals surface area contributed by atoms with Gasteiger partial charge in [-0.25, -0.2) is 0 Å². The summed E-state index contributed by atoms with van der Waals surface area (Å²) >= 11 is 0. The molecule has 1 rings (SSSR count). The van der Waals surface area contributed by atoms with Crippen LogP contribution in [0.2, 0.25) is 0 Å². The van der Waals surface area contributed by atoms with Gasteiger partial charge in [0.15, 0.2) is 0 Å². The van der Waals surface area contributed by atoms with E-state index >= 15 is 0 Å². The monoisotopic (exact) mass is 348 g/mol. The van der Waals surface area contributed by atoms with Crippen molar-refractivity contribution in [2.24, 2.45) is 11.8 Å². The number of hydrogen-bond donors (Lipinski definition) is 2. The third kappa shape index (κ3) is 6.95. The van der Waals surface area contributed by atoms with E-state index in [0.29, 0.717) is 24.2 Å². The number of aliphatic carboxylic acids is 1. The summed E-state index contributed by atoms with van der Waals surface area (Å²) in [5.41, 5.74) is 1.85. The Bertz CT molecular complexity index is 638. The number of aryl methyl sites for hydroxylation is 1. The van der Waals surface area contributed by atoms with E-state index in [1.807, 2.05) is 34.6 Å². The van der Waals surface area contributed by atoms with Gasteiger partial charge in [0.25, 0.3) is 5.91 Å². The average molecular weight is 348 g/mol. The number of nitrogens with zero attached hydrogens (tertiary/aromatic N) is 1. The van der Waals surface area contributed by atoms with Crippen LogP contribution in [0.4, 0.5) is 5.69 Å². The normalized spacial score (nSPS) is 10.8. The molecule has 6 nitrogen and oxygen atoms in total. The van der Waals surface area contributed by atoms with Crippen LogP contribution in [0.3, 0.4) is 0 Å². The van der Waals surface area contributed by atoms with Crippen molar-refractivity contribution >= 4 is 23.5 Å². The van der Waals surface area contributed by atoms with Gasteiger partial charge in [0.1, 0.15) is 6.54 Å². The van der Waals surface area contributed by atoms with Crippen LogP contribution in [0.1, 0.15) is 50.0 Å². The molecule has 0 aliphatic rings. The quantitative estimate of drug-likeness (QED) is 0.755. The fraction of sp³-hybridized carbons (Fsp3) is 0.526. The second kappa shape index (κ2) is 9.20. The minimum absolute atomic E-state index is 0.0653. The van der Waals surface area contributed by atoms with Crippen molar-refractivity contribution in [3.63, 3.8) is 0 Å². The Labute approximate surface area is 149 Å². The van der Waals surface area contributed by atoms with Crippen LogP contribution in [-0.2, 0) is 9.59 Å². The maximum atomic E-state index is 12.6. The first-order valence-electron chi connectivity index (χ1n) is 8.51. The highest BCUT2D eigenvalue weighted by atomic mass is 16.4. The number of hydrogen-bond acceptors (Lipinski definition) is 3. The van der Waals surface area contributed by atoms with E-state index in [9.17, 15) is 14.4 Å². The lowest BCUT2D eigenvalue weighted by atomic mass is 10.1. The molecule has 2 N–H and O–H groups in total. The molecule has 0 unspecified atom stereocenters. The van der Waals surface area contributed by atoms with Gasteiger partial charge in [0.05, 0.1) is 0 Å². The topological polar surface area (TPSA) is 86.7 Å². The molecule has 0 saturated heterocycles. The average Bonchev–Trinajstić information content (AvgIpc) is 2.46. The maximum absolute atomic E-state index is 12.6. The van der Waals surface area contributed by atoms with Gasteiger partial charge in [-0.05, 0) is 42.5 Å². The smallest absolute Gasteiger partial charge is 0.323 e. The number of carbonyl (C=O) groups excluding carboxylic acids is 2. The largest absolute Gasteiger partial charge is 0.480 e. The first-order chi connectivity index (χ1) is 11.6. The van der Waals surface area contributed by atoms with Crippen molar-refractivity contribution < 1.29 is 19.5 Å². The van der Waals surface area contributed by atoms with Crippen LogP contribution in [-0.4, -0.2) is 40.9 Å². The SMILES string of the molecule is Cc1cc(C(=O)N(CC(=O)O)CC(C)C)ccc1NC(=O)CC(C)C. The van der Waals surface area contributed by atoms with Crippen molar-refractivity contribution in [3.05, 3.63) is 29.3 Å². The van der Waals surface area contributed by atoms with Crippen molar-refractivity contribution in [2.45, 2.75) is 41.0 Å². The first kappa shape index (κ1) is 20.7. The van der Waals surface area contributed by atoms with Gasteiger partial charge in [-0.2, -0.15) is 0 Å². The molecule has 1 aromatic rings. The fourth-order valence-corrected chi connectivity index (χ4v) is 2.51. The zero-order valence-corrected chi connectivity index (χ0v) is 15.6. The molecule has 0 aliphatic carbocycles. The summed E-state index contributed by atoms with van der Waals surface area (Å²) in [5.74, 6) is -0.993. The van der Waals surface area contributed by atoms with Gasteiger partial charge < -0.3 is 15.3 Å². The van der Waals surface area contributed by atoms with Crippen LogP contribution >= 0.6 is 0 Å². The van der Waals surface area contributed by atoms with Crippen molar-refractivity contribution in [2.75, 3.05) is 18.4 Å². The molecule has 0 fully saturated rings. The lowest BCUT2D eigenvalue weighted by Gasteiger charge is -2.23. The molecule has 0 atom stereocenters. The van der Waals surface area contributed by atoms with E-state index in [0.717, 1.165) is 5.56 Å². The molecule has 2 amide bonds. The molecule has 138 valence electrons. The lowest BCUT2D eigenvalue weighted by molar-refractivity contribution is -0.137. The minimum Gasteiger partial charge on any atom is -0.480 e. The highest BCUT2D eigenvalue weighted by Crippen LogP contribution is 2.19. The van der Waals surface area contributed by atoms with Crippen LogP contribution < -0.4 is 5.32 Å². The predicted molar refractivity (Wildman–Crippen MR) is 97.6 cm³/mol. The van der Waals surface area contributed by atoms with Gasteiger partial charge in [0, 0.05) is 24.2 Å². The zero-order valence-electron chi connectivity index (χ0n) is 15.6. The van der Waals surface area contributed by atoms with Crippen LogP contribution in [0.25, 0.3) is 0 Å². The van der Waals surface area contributed by atoms with E-state index in [1.54, 1.807) is 18.2 Å². The number of anilines is 1. The molecule has 0 radical (unpaired) electrons. The molecule has 1 aromatic carbocycles. The molecule has 25 heavy (non-hydrogen) atoms. The summed E-state index contributed by atoms with van der Waals surface area (Å²) < 4.78 is 0. The zero-order chi connectivity index (χ0) is 19.1. The Hall–Kier alpha value is -2.37. The summed E-state index contributed by atoms with van der Waals surface area (Å²) in [6, 6.07) is 4.99. The van der Waals surface area contributed by atoms with E-state index < -0.39 is 5.97 Å². The second-order valence-corrected chi connectivity index (χ2v) is 7.15. The third-order valence-corrected chi connectivity index (χ3v) is 3.54. The van der Waals surface area contributed by atoms with Gasteiger partial charge in [0.2, 0.25) is 5.91 Å². The number of carbonyl (C=O) groups is 3. The van der Waals surface area contributed by atoms with Crippen LogP contribution in [0.5, 0.6) is 0 Å². The minimum atomic E-state index is -1.04. The van der Waals surface area contributed by atoms with Crippen molar-refractivity contribution in [1.82, 2.24) is 4.90 Å². The lowest BCUT2D eigenvalue weighted by Crippen LogP contribution is -2.38. The number of nitrogens with one attached hydrogen (secondary N) is 1. The molecule has 0 saturated carbocycles. The number of rotatable bonds is 8. The number of carboxylic acids is 1. The van der Waals surface area contributed by atoms with E-state index in [-0.39, 0.29) is 30.2 Å². The standard InChI is InChI=1S/C19H28N2O4/c1-12(2)8-17(22)20-16-7-6-15(9-14(16)5)19(25)21(10-13(3)4)11-18(23)24/h6-7,9,12-13H,8,10-11H2,1-5H3,(H,20,22)(H,23,24). The Kier molecular flexibility index (Phi) is 7.61. The second-order valence-electron chi connectivity index (χ2n) is 7.15. The summed E-state index contributed by atoms with van der Waals surface area (Å²) in [4.78, 5) is 36.9. The van der Waals surface area contributed by atoms with Crippen molar-refractivity contribution in [1.29, 1.82) is 0 Å². The van der Waals surface area contributed by atoms with E-state index in [2.05, 4.69) is 5.32 Å². The number of carboxylic acid groups (broad SMARTS) is 1. The summed E-state index contributed by atoms with van der Waals surface area (Å²) in [5, 5.41) is 11.9. The molecule has 0 bridgehead atoms. The Morgan fingerprint density at radius 2 is 1.76 bits per heavy atom. The van der Waals surface area contributed by atoms with E-state index in [1.165, 1.54) is 4.90 Å². The molecule has 0 heterocycles. The molecule has 6 heteroatoms. The van der Waals surface area contributed by atoms with Gasteiger partial charge >= 0.3 is 5.97 Å². The van der Waals surface area contributed by atoms with Gasteiger partial charge in [-0.1, -0.05) is 27.7 Å². The maximum Gasteiger partial charge on any atom is 0.323 e. The number of amides is 2. The van der Waals surface area contributed by atoms with Gasteiger partial charge in [-0.3, -0.25) is 14.4 Å². The molecule has 0 aliphatic heterocycles. The Morgan fingerprint density at radius 3 is 2.24 bits per heavy atom. The Balaban J connectivity index is 2.94. The van der Waals surface area contributed by atoms with Gasteiger partial charge in [-0.15, -0.1) is 0 Å². The molecular weight excluding hydrogens is 320 g/mol. The molecular formula is C19H28N2O4. The Morgan fingerprint density at radius 1 is 1.12 bits per heavy atom. The van der Waals surface area contributed by atoms with Crippen molar-refractivity contribution in [3.8, 4) is 0 Å². The number of benzene rings is 1. The molecule has 0 spiro atoms. The summed E-state index contributed by atoms with van der Waals surface area (Å²) in [7, 11) is 0. The first-order valence-corrected chi connectivity index (χ1v) is 8.51. The van der Waals surface area contributed by atoms with E-state index in [4.69, 9.17) is 5.11 Å². The molecule has 0 aromatic heterocycles.